The summed E-state index contributed by atoms with van der Waals surface area (Å²) in [6.07, 6.45) is 0. The molecule has 0 atom stereocenters. The molecule has 0 aliphatic carbocycles. The Hall–Kier alpha value is -0.490. The van der Waals surface area contributed by atoms with Crippen molar-refractivity contribution < 1.29 is 4.42 Å². The number of aryl methyl sites for hydroxylation is 1. The first kappa shape index (κ1) is 12.0. The summed E-state index contributed by atoms with van der Waals surface area (Å²) in [7, 11) is 0. The predicted molar refractivity (Wildman–Crippen MR) is 77.6 cm³/mol. The van der Waals surface area contributed by atoms with Crippen LogP contribution in [-0.4, -0.2) is 0 Å². The van der Waals surface area contributed by atoms with Crippen LogP contribution in [0.2, 0.25) is 0 Å². The average molecular weight is 392 g/mol. The molecule has 1 aromatic heterocycles. The standard InChI is InChI=1S/C12H11BrINO/c1-8-2-3-9(6-11(8)14)15-7-10-4-5-12(13)16-10/h2-6,15H,7H2,1H3. The van der Waals surface area contributed by atoms with Crippen molar-refractivity contribution in [2.45, 2.75) is 13.5 Å². The van der Waals surface area contributed by atoms with Crippen molar-refractivity contribution >= 4 is 44.2 Å². The van der Waals surface area contributed by atoms with Crippen molar-refractivity contribution in [3.63, 3.8) is 0 Å². The van der Waals surface area contributed by atoms with Gasteiger partial charge in [0, 0.05) is 9.26 Å². The van der Waals surface area contributed by atoms with Crippen LogP contribution >= 0.6 is 38.5 Å². The van der Waals surface area contributed by atoms with E-state index in [9.17, 15) is 0 Å². The Morgan fingerprint density at radius 1 is 1.31 bits per heavy atom. The lowest BCUT2D eigenvalue weighted by molar-refractivity contribution is 0.495. The smallest absolute Gasteiger partial charge is 0.169 e. The van der Waals surface area contributed by atoms with E-state index in [-0.39, 0.29) is 0 Å². The fraction of sp³-hybridized carbons (Fsp3) is 0.167. The van der Waals surface area contributed by atoms with Crippen molar-refractivity contribution in [2.75, 3.05) is 5.32 Å². The summed E-state index contributed by atoms with van der Waals surface area (Å²) < 4.78 is 7.44. The van der Waals surface area contributed by atoms with Crippen LogP contribution in [0.5, 0.6) is 0 Å². The highest BCUT2D eigenvalue weighted by molar-refractivity contribution is 14.1. The van der Waals surface area contributed by atoms with E-state index < -0.39 is 0 Å². The highest BCUT2D eigenvalue weighted by Crippen LogP contribution is 2.19. The molecule has 0 radical (unpaired) electrons. The van der Waals surface area contributed by atoms with Crippen molar-refractivity contribution in [3.8, 4) is 0 Å². The molecule has 2 nitrogen and oxygen atoms in total. The molecule has 2 rings (SSSR count). The summed E-state index contributed by atoms with van der Waals surface area (Å²) in [5.74, 6) is 0.919. The quantitative estimate of drug-likeness (QED) is 0.775. The zero-order chi connectivity index (χ0) is 11.5. The van der Waals surface area contributed by atoms with Crippen LogP contribution in [0.4, 0.5) is 5.69 Å². The van der Waals surface area contributed by atoms with Gasteiger partial charge in [-0.3, -0.25) is 0 Å². The van der Waals surface area contributed by atoms with Gasteiger partial charge in [-0.15, -0.1) is 0 Å². The second-order valence-electron chi connectivity index (χ2n) is 3.52. The lowest BCUT2D eigenvalue weighted by Crippen LogP contribution is -1.98. The fourth-order valence-corrected chi connectivity index (χ4v) is 2.19. The molecule has 0 spiro atoms. The van der Waals surface area contributed by atoms with Crippen LogP contribution in [0, 0.1) is 10.5 Å². The first-order chi connectivity index (χ1) is 7.65. The lowest BCUT2D eigenvalue weighted by Gasteiger charge is -2.06. The Bertz CT molecular complexity index is 496. The van der Waals surface area contributed by atoms with Gasteiger partial charge in [0.15, 0.2) is 4.67 Å². The third kappa shape index (κ3) is 3.01. The summed E-state index contributed by atoms with van der Waals surface area (Å²) in [5, 5.41) is 3.32. The van der Waals surface area contributed by atoms with Crippen molar-refractivity contribution in [3.05, 3.63) is 49.9 Å². The van der Waals surface area contributed by atoms with Gasteiger partial charge in [-0.05, 0) is 75.3 Å². The van der Waals surface area contributed by atoms with Crippen LogP contribution < -0.4 is 5.32 Å². The molecule has 0 aliphatic rings. The van der Waals surface area contributed by atoms with E-state index in [0.29, 0.717) is 6.54 Å². The Labute approximate surface area is 117 Å². The number of nitrogens with one attached hydrogen (secondary N) is 1. The van der Waals surface area contributed by atoms with Gasteiger partial charge in [-0.2, -0.15) is 0 Å². The molecule has 1 heterocycles. The summed E-state index contributed by atoms with van der Waals surface area (Å²) in [6, 6.07) is 10.2. The number of furan rings is 1. The van der Waals surface area contributed by atoms with E-state index >= 15 is 0 Å². The molecule has 0 amide bonds. The Morgan fingerprint density at radius 2 is 2.12 bits per heavy atom. The summed E-state index contributed by atoms with van der Waals surface area (Å²) in [5.41, 5.74) is 2.41. The minimum Gasteiger partial charge on any atom is -0.452 e. The summed E-state index contributed by atoms with van der Waals surface area (Å²) in [4.78, 5) is 0. The molecular formula is C12H11BrINO. The van der Waals surface area contributed by atoms with E-state index in [2.05, 4.69) is 69.0 Å². The molecule has 16 heavy (non-hydrogen) atoms. The van der Waals surface area contributed by atoms with Gasteiger partial charge < -0.3 is 9.73 Å². The molecule has 1 N–H and O–H groups in total. The van der Waals surface area contributed by atoms with Crippen LogP contribution in [0.1, 0.15) is 11.3 Å². The second kappa shape index (κ2) is 5.23. The maximum atomic E-state index is 5.41. The number of anilines is 1. The first-order valence-electron chi connectivity index (χ1n) is 4.89. The molecule has 0 unspecified atom stereocenters. The van der Waals surface area contributed by atoms with Gasteiger partial charge >= 0.3 is 0 Å². The molecule has 0 bridgehead atoms. The first-order valence-corrected chi connectivity index (χ1v) is 6.76. The third-order valence-electron chi connectivity index (χ3n) is 2.27. The number of hydrogen-bond donors (Lipinski definition) is 1. The SMILES string of the molecule is Cc1ccc(NCc2ccc(Br)o2)cc1I. The molecule has 4 heteroatoms. The topological polar surface area (TPSA) is 25.2 Å². The Kier molecular flexibility index (Phi) is 3.91. The largest absolute Gasteiger partial charge is 0.452 e. The Morgan fingerprint density at radius 3 is 2.75 bits per heavy atom. The van der Waals surface area contributed by atoms with Gasteiger partial charge in [0.25, 0.3) is 0 Å². The Balaban J connectivity index is 2.02. The van der Waals surface area contributed by atoms with Gasteiger partial charge in [0.1, 0.15) is 5.76 Å². The molecule has 0 aliphatic heterocycles. The number of hydrogen-bond acceptors (Lipinski definition) is 2. The normalized spacial score (nSPS) is 10.4. The van der Waals surface area contributed by atoms with E-state index in [0.717, 1.165) is 16.1 Å². The van der Waals surface area contributed by atoms with E-state index in [1.54, 1.807) is 0 Å². The van der Waals surface area contributed by atoms with Crippen LogP contribution in [0.25, 0.3) is 0 Å². The molecule has 0 saturated carbocycles. The van der Waals surface area contributed by atoms with Gasteiger partial charge in [-0.1, -0.05) is 6.07 Å². The molecule has 1 aromatic carbocycles. The predicted octanol–water partition coefficient (Wildman–Crippen LogP) is 4.57. The summed E-state index contributed by atoms with van der Waals surface area (Å²) >= 11 is 5.62. The minimum atomic E-state index is 0.699. The minimum absolute atomic E-state index is 0.699. The number of rotatable bonds is 3. The molecule has 0 fully saturated rings. The van der Waals surface area contributed by atoms with Gasteiger partial charge in [0.05, 0.1) is 6.54 Å². The van der Waals surface area contributed by atoms with Crippen LogP contribution in [-0.2, 0) is 6.54 Å². The van der Waals surface area contributed by atoms with E-state index in [1.165, 1.54) is 9.13 Å². The van der Waals surface area contributed by atoms with Crippen molar-refractivity contribution in [1.82, 2.24) is 0 Å². The molecule has 0 saturated heterocycles. The molecule has 84 valence electrons. The van der Waals surface area contributed by atoms with Gasteiger partial charge in [-0.25, -0.2) is 0 Å². The van der Waals surface area contributed by atoms with E-state index in [4.69, 9.17) is 4.42 Å². The summed E-state index contributed by atoms with van der Waals surface area (Å²) in [6.45, 7) is 2.81. The average Bonchev–Trinajstić information content (AvgIpc) is 2.66. The van der Waals surface area contributed by atoms with Gasteiger partial charge in [0.2, 0.25) is 0 Å². The zero-order valence-electron chi connectivity index (χ0n) is 8.76. The monoisotopic (exact) mass is 391 g/mol. The molecule has 2 aromatic rings. The number of benzene rings is 1. The third-order valence-corrected chi connectivity index (χ3v) is 3.86. The fourth-order valence-electron chi connectivity index (χ4n) is 1.34. The maximum Gasteiger partial charge on any atom is 0.169 e. The van der Waals surface area contributed by atoms with E-state index in [1.807, 2.05) is 12.1 Å². The van der Waals surface area contributed by atoms with Crippen molar-refractivity contribution in [1.29, 1.82) is 0 Å². The lowest BCUT2D eigenvalue weighted by atomic mass is 10.2. The zero-order valence-corrected chi connectivity index (χ0v) is 12.5. The highest BCUT2D eigenvalue weighted by Gasteiger charge is 2.00. The molecular weight excluding hydrogens is 381 g/mol. The highest BCUT2D eigenvalue weighted by atomic mass is 127. The van der Waals surface area contributed by atoms with Crippen molar-refractivity contribution in [2.24, 2.45) is 0 Å². The number of halogens is 2. The van der Waals surface area contributed by atoms with Crippen LogP contribution in [0.15, 0.2) is 39.4 Å². The second-order valence-corrected chi connectivity index (χ2v) is 5.47. The van der Waals surface area contributed by atoms with Crippen LogP contribution in [0.3, 0.4) is 0 Å². The maximum absolute atomic E-state index is 5.41.